The Kier molecular flexibility index (Phi) is 7.07. The van der Waals surface area contributed by atoms with Gasteiger partial charge in [-0.3, -0.25) is 4.98 Å². The molecular weight excluding hydrogens is 529 g/mol. The molecule has 1 aliphatic rings. The highest BCUT2D eigenvalue weighted by Gasteiger charge is 2.41. The highest BCUT2D eigenvalue weighted by atomic mass is 35.5. The Hall–Kier alpha value is -4.28. The average Bonchev–Trinajstić information content (AvgIpc) is 3.35. The summed E-state index contributed by atoms with van der Waals surface area (Å²) in [6.07, 6.45) is 5.65. The first kappa shape index (κ1) is 27.3. The van der Waals surface area contributed by atoms with Crippen LogP contribution >= 0.6 is 11.6 Å². The van der Waals surface area contributed by atoms with Crippen molar-refractivity contribution in [1.82, 2.24) is 25.0 Å². The molecule has 5 rings (SSSR count). The number of rotatable bonds is 7. The van der Waals surface area contributed by atoms with Crippen molar-refractivity contribution in [3.8, 4) is 12.1 Å². The van der Waals surface area contributed by atoms with Gasteiger partial charge in [-0.1, -0.05) is 43.7 Å². The van der Waals surface area contributed by atoms with E-state index in [0.717, 1.165) is 6.42 Å². The minimum Gasteiger partial charge on any atom is -0.383 e. The number of nitrogens with zero attached hydrogens (tertiary/aromatic N) is 7. The monoisotopic (exact) mass is 557 g/mol. The summed E-state index contributed by atoms with van der Waals surface area (Å²) < 4.78 is 15.6. The van der Waals surface area contributed by atoms with Crippen LogP contribution in [-0.4, -0.2) is 31.5 Å². The molecule has 1 aromatic carbocycles. The number of nitriles is 2. The maximum atomic E-state index is 13.9. The minimum absolute atomic E-state index is 0.0345. The van der Waals surface area contributed by atoms with Gasteiger partial charge in [0.2, 0.25) is 5.95 Å². The number of aryl methyl sites for hydroxylation is 1. The van der Waals surface area contributed by atoms with Crippen molar-refractivity contribution in [3.63, 3.8) is 0 Å². The van der Waals surface area contributed by atoms with Gasteiger partial charge in [0.15, 0.2) is 5.54 Å². The third kappa shape index (κ3) is 5.15. The number of pyridine rings is 2. The minimum atomic E-state index is -0.703. The second-order valence-electron chi connectivity index (χ2n) is 11.4. The molecule has 9 nitrogen and oxygen atoms in total. The maximum absolute atomic E-state index is 13.9. The predicted molar refractivity (Wildman–Crippen MR) is 151 cm³/mol. The van der Waals surface area contributed by atoms with Crippen LogP contribution in [0.4, 0.5) is 15.8 Å². The highest BCUT2D eigenvalue weighted by Crippen LogP contribution is 2.39. The van der Waals surface area contributed by atoms with Crippen LogP contribution in [-0.2, 0) is 5.54 Å². The molecule has 0 bridgehead atoms. The van der Waals surface area contributed by atoms with E-state index in [9.17, 15) is 14.9 Å². The van der Waals surface area contributed by atoms with Crippen LogP contribution in [0.5, 0.6) is 0 Å². The largest absolute Gasteiger partial charge is 0.383 e. The molecule has 1 aliphatic carbocycles. The van der Waals surface area contributed by atoms with Gasteiger partial charge in [-0.2, -0.15) is 14.9 Å². The van der Waals surface area contributed by atoms with E-state index in [4.69, 9.17) is 11.6 Å². The fourth-order valence-corrected chi connectivity index (χ4v) is 5.09. The summed E-state index contributed by atoms with van der Waals surface area (Å²) in [5.74, 6) is -0.583. The first-order valence-electron chi connectivity index (χ1n) is 13.0. The lowest BCUT2D eigenvalue weighted by Gasteiger charge is -2.34. The Morgan fingerprint density at radius 3 is 2.62 bits per heavy atom. The van der Waals surface area contributed by atoms with Gasteiger partial charge in [0.1, 0.15) is 11.8 Å². The van der Waals surface area contributed by atoms with Gasteiger partial charge < -0.3 is 10.6 Å². The number of benzene rings is 1. The summed E-state index contributed by atoms with van der Waals surface area (Å²) in [6, 6.07) is 10.6. The van der Waals surface area contributed by atoms with Crippen LogP contribution in [0.25, 0.3) is 10.9 Å². The molecular formula is C29H29ClFN9. The zero-order valence-corrected chi connectivity index (χ0v) is 23.5. The van der Waals surface area contributed by atoms with Gasteiger partial charge in [-0.25, -0.2) is 9.67 Å². The molecule has 1 fully saturated rings. The normalized spacial score (nSPS) is 15.1. The zero-order valence-electron chi connectivity index (χ0n) is 22.8. The van der Waals surface area contributed by atoms with E-state index >= 15 is 0 Å². The van der Waals surface area contributed by atoms with Crippen molar-refractivity contribution in [1.29, 1.82) is 10.5 Å². The Morgan fingerprint density at radius 1 is 1.23 bits per heavy atom. The van der Waals surface area contributed by atoms with Gasteiger partial charge in [-0.15, -0.1) is 5.10 Å². The Bertz CT molecular complexity index is 1670. The standard InChI is InChI=1S/C29H29ClFN9/c1-17-20(6-7-24(31)36-17)27(23-14-40(39-38-23)29(15-33)8-5-9-29)37-19-10-21-25(35-16-28(2,3)4)18(12-32)13-34-26(21)22(30)11-19/h6-7,10-11,13-14,27,37H,5,8-9,16H2,1-4H3,(H,34,35). The lowest BCUT2D eigenvalue weighted by molar-refractivity contribution is 0.193. The molecule has 204 valence electrons. The zero-order chi connectivity index (χ0) is 28.7. The predicted octanol–water partition coefficient (Wildman–Crippen LogP) is 6.26. The molecule has 3 aromatic heterocycles. The van der Waals surface area contributed by atoms with Crippen LogP contribution in [0.1, 0.15) is 68.6 Å². The van der Waals surface area contributed by atoms with E-state index in [2.05, 4.69) is 63.8 Å². The van der Waals surface area contributed by atoms with E-state index in [0.29, 0.717) is 69.2 Å². The topological polar surface area (TPSA) is 128 Å². The van der Waals surface area contributed by atoms with Gasteiger partial charge in [-0.05, 0) is 49.8 Å². The summed E-state index contributed by atoms with van der Waals surface area (Å²) >= 11 is 6.71. The van der Waals surface area contributed by atoms with Gasteiger partial charge in [0.25, 0.3) is 0 Å². The van der Waals surface area contributed by atoms with Crippen LogP contribution in [0.2, 0.25) is 5.02 Å². The number of hydrogen-bond acceptors (Lipinski definition) is 8. The third-order valence-electron chi connectivity index (χ3n) is 7.19. The Labute approximate surface area is 237 Å². The summed E-state index contributed by atoms with van der Waals surface area (Å²) in [6.45, 7) is 8.67. The fraction of sp³-hybridized carbons (Fsp3) is 0.379. The molecule has 0 aliphatic heterocycles. The lowest BCUT2D eigenvalue weighted by Crippen LogP contribution is -2.39. The van der Waals surface area contributed by atoms with Crippen molar-refractivity contribution in [2.75, 3.05) is 17.2 Å². The average molecular weight is 558 g/mol. The smallest absolute Gasteiger partial charge is 0.213 e. The molecule has 0 amide bonds. The van der Waals surface area contributed by atoms with E-state index in [-0.39, 0.29) is 5.41 Å². The van der Waals surface area contributed by atoms with E-state index in [1.165, 1.54) is 12.3 Å². The second kappa shape index (κ2) is 10.4. The lowest BCUT2D eigenvalue weighted by atomic mass is 9.78. The first-order valence-corrected chi connectivity index (χ1v) is 13.4. The van der Waals surface area contributed by atoms with Crippen LogP contribution in [0.15, 0.2) is 36.7 Å². The molecule has 1 unspecified atom stereocenters. The quantitative estimate of drug-likeness (QED) is 0.255. The summed E-state index contributed by atoms with van der Waals surface area (Å²) in [7, 11) is 0. The molecule has 2 N–H and O–H groups in total. The van der Waals surface area contributed by atoms with Gasteiger partial charge >= 0.3 is 0 Å². The maximum Gasteiger partial charge on any atom is 0.213 e. The molecule has 0 radical (unpaired) electrons. The molecule has 1 atom stereocenters. The van der Waals surface area contributed by atoms with Crippen molar-refractivity contribution >= 4 is 33.9 Å². The SMILES string of the molecule is Cc1nc(F)ccc1C(Nc1cc(Cl)c2ncc(C#N)c(NCC(C)(C)C)c2c1)c1cn(C2(C#N)CCC2)nn1. The Morgan fingerprint density at radius 2 is 2.00 bits per heavy atom. The van der Waals surface area contributed by atoms with Crippen molar-refractivity contribution in [3.05, 3.63) is 70.1 Å². The van der Waals surface area contributed by atoms with Crippen molar-refractivity contribution in [2.24, 2.45) is 5.41 Å². The third-order valence-corrected chi connectivity index (χ3v) is 7.48. The van der Waals surface area contributed by atoms with Crippen LogP contribution in [0, 0.1) is 40.9 Å². The molecule has 4 aromatic rings. The fourth-order valence-electron chi connectivity index (χ4n) is 4.82. The number of aromatic nitrogens is 5. The summed E-state index contributed by atoms with van der Waals surface area (Å²) in [4.78, 5) is 8.46. The molecule has 11 heteroatoms. The van der Waals surface area contributed by atoms with Gasteiger partial charge in [0.05, 0.1) is 40.1 Å². The Balaban J connectivity index is 1.61. The van der Waals surface area contributed by atoms with Crippen molar-refractivity contribution < 1.29 is 4.39 Å². The van der Waals surface area contributed by atoms with E-state index in [1.54, 1.807) is 29.9 Å². The molecule has 3 heterocycles. The van der Waals surface area contributed by atoms with Crippen molar-refractivity contribution in [2.45, 2.75) is 58.5 Å². The molecule has 0 spiro atoms. The summed E-state index contributed by atoms with van der Waals surface area (Å²) in [5.41, 5.74) is 3.24. The van der Waals surface area contributed by atoms with Crippen LogP contribution < -0.4 is 10.6 Å². The number of halogens is 2. The molecule has 1 saturated carbocycles. The van der Waals surface area contributed by atoms with E-state index < -0.39 is 17.5 Å². The van der Waals surface area contributed by atoms with Gasteiger partial charge in [0, 0.05) is 35.1 Å². The first-order chi connectivity index (χ1) is 19.0. The molecule has 0 saturated heterocycles. The highest BCUT2D eigenvalue weighted by molar-refractivity contribution is 6.35. The van der Waals surface area contributed by atoms with E-state index in [1.807, 2.05) is 6.07 Å². The molecule has 40 heavy (non-hydrogen) atoms. The van der Waals surface area contributed by atoms with Crippen LogP contribution in [0.3, 0.4) is 0 Å². The number of hydrogen-bond donors (Lipinski definition) is 2. The number of nitrogens with one attached hydrogen (secondary N) is 2. The number of anilines is 2. The second-order valence-corrected chi connectivity index (χ2v) is 11.8. The number of fused-ring (bicyclic) bond motifs is 1. The summed E-state index contributed by atoms with van der Waals surface area (Å²) in [5, 5.41) is 36.3.